The fourth-order valence-electron chi connectivity index (χ4n) is 4.35. The molecule has 2 aliphatic heterocycles. The molecule has 0 spiro atoms. The molecule has 0 radical (unpaired) electrons. The number of carbonyl (C=O) groups is 1. The van der Waals surface area contributed by atoms with E-state index in [9.17, 15) is 4.79 Å². The van der Waals surface area contributed by atoms with Crippen LogP contribution in [0.15, 0.2) is 36.4 Å². The second-order valence-corrected chi connectivity index (χ2v) is 7.77. The molecule has 8 heteroatoms. The standard InChI is InChI=1S/C22H24N6O2/c1-14-5-3-4-6-16(14)17-13-20(29)23-22-21(17)15(2)26-28(22)19-8-7-18(24-25-19)27-9-11-30-12-10-27/h3-8,17H,9-13H2,1-2H3,(H,23,29). The van der Waals surface area contributed by atoms with Crippen molar-refractivity contribution in [3.63, 3.8) is 0 Å². The van der Waals surface area contributed by atoms with Crippen LogP contribution in [-0.4, -0.2) is 52.2 Å². The Morgan fingerprint density at radius 2 is 1.77 bits per heavy atom. The van der Waals surface area contributed by atoms with E-state index in [4.69, 9.17) is 9.84 Å². The Bertz CT molecular complexity index is 1090. The van der Waals surface area contributed by atoms with Crippen LogP contribution >= 0.6 is 0 Å². The van der Waals surface area contributed by atoms with Gasteiger partial charge in [-0.2, -0.15) is 9.78 Å². The molecule has 0 saturated carbocycles. The Kier molecular flexibility index (Phi) is 4.71. The maximum atomic E-state index is 12.6. The molecule has 1 amide bonds. The van der Waals surface area contributed by atoms with E-state index in [2.05, 4.69) is 39.5 Å². The normalized spacial score (nSPS) is 18.8. The van der Waals surface area contributed by atoms with Crippen molar-refractivity contribution in [3.05, 3.63) is 58.8 Å². The first-order valence-electron chi connectivity index (χ1n) is 10.2. The van der Waals surface area contributed by atoms with E-state index in [0.29, 0.717) is 31.3 Å². The largest absolute Gasteiger partial charge is 0.378 e. The van der Waals surface area contributed by atoms with E-state index < -0.39 is 0 Å². The first-order valence-corrected chi connectivity index (χ1v) is 10.2. The summed E-state index contributed by atoms with van der Waals surface area (Å²) in [7, 11) is 0. The van der Waals surface area contributed by atoms with E-state index in [1.54, 1.807) is 4.68 Å². The molecule has 1 atom stereocenters. The Balaban J connectivity index is 1.53. The molecule has 2 aliphatic rings. The van der Waals surface area contributed by atoms with Gasteiger partial charge in [-0.25, -0.2) is 0 Å². The zero-order chi connectivity index (χ0) is 20.7. The van der Waals surface area contributed by atoms with Crippen LogP contribution in [0.25, 0.3) is 5.82 Å². The van der Waals surface area contributed by atoms with Crippen LogP contribution in [0.3, 0.4) is 0 Å². The lowest BCUT2D eigenvalue weighted by Crippen LogP contribution is -2.36. The number of anilines is 2. The molecule has 154 valence electrons. The van der Waals surface area contributed by atoms with Crippen molar-refractivity contribution >= 4 is 17.5 Å². The summed E-state index contributed by atoms with van der Waals surface area (Å²) in [6.07, 6.45) is 0.409. The maximum Gasteiger partial charge on any atom is 0.226 e. The van der Waals surface area contributed by atoms with E-state index in [1.165, 1.54) is 5.56 Å². The van der Waals surface area contributed by atoms with E-state index in [0.717, 1.165) is 35.7 Å². The topological polar surface area (TPSA) is 85.2 Å². The third-order valence-electron chi connectivity index (χ3n) is 5.85. The summed E-state index contributed by atoms with van der Waals surface area (Å²) in [5, 5.41) is 16.5. The van der Waals surface area contributed by atoms with Crippen molar-refractivity contribution in [3.8, 4) is 5.82 Å². The van der Waals surface area contributed by atoms with Crippen LogP contribution in [0.4, 0.5) is 11.6 Å². The predicted octanol–water partition coefficient (Wildman–Crippen LogP) is 2.59. The number of amides is 1. The second-order valence-electron chi connectivity index (χ2n) is 7.77. The summed E-state index contributed by atoms with van der Waals surface area (Å²) in [4.78, 5) is 14.7. The first-order chi connectivity index (χ1) is 14.6. The summed E-state index contributed by atoms with van der Waals surface area (Å²) >= 11 is 0. The number of aryl methyl sites for hydroxylation is 2. The average Bonchev–Trinajstić information content (AvgIpc) is 3.10. The molecule has 3 aromatic rings. The zero-order valence-corrected chi connectivity index (χ0v) is 17.1. The molecule has 1 saturated heterocycles. The molecular weight excluding hydrogens is 380 g/mol. The summed E-state index contributed by atoms with van der Waals surface area (Å²) in [5.74, 6) is 2.05. The Labute approximate surface area is 174 Å². The third kappa shape index (κ3) is 3.23. The minimum Gasteiger partial charge on any atom is -0.378 e. The monoisotopic (exact) mass is 404 g/mol. The van der Waals surface area contributed by atoms with Gasteiger partial charge in [-0.05, 0) is 37.1 Å². The number of nitrogens with zero attached hydrogens (tertiary/aromatic N) is 5. The molecule has 1 unspecified atom stereocenters. The van der Waals surface area contributed by atoms with Gasteiger partial charge < -0.3 is 15.0 Å². The molecule has 1 fully saturated rings. The van der Waals surface area contributed by atoms with Crippen molar-refractivity contribution in [2.24, 2.45) is 0 Å². The van der Waals surface area contributed by atoms with E-state index >= 15 is 0 Å². The van der Waals surface area contributed by atoms with Crippen LogP contribution < -0.4 is 10.2 Å². The molecule has 0 bridgehead atoms. The molecule has 30 heavy (non-hydrogen) atoms. The number of fused-ring (bicyclic) bond motifs is 1. The van der Waals surface area contributed by atoms with Gasteiger partial charge in [0.1, 0.15) is 5.82 Å². The lowest BCUT2D eigenvalue weighted by molar-refractivity contribution is -0.116. The number of hydrogen-bond donors (Lipinski definition) is 1. The highest BCUT2D eigenvalue weighted by molar-refractivity contribution is 5.95. The van der Waals surface area contributed by atoms with Crippen LogP contribution in [0.5, 0.6) is 0 Å². The van der Waals surface area contributed by atoms with E-state index in [1.807, 2.05) is 31.2 Å². The van der Waals surface area contributed by atoms with Gasteiger partial charge in [-0.3, -0.25) is 4.79 Å². The second kappa shape index (κ2) is 7.53. The number of morpholine rings is 1. The molecular formula is C22H24N6O2. The van der Waals surface area contributed by atoms with Gasteiger partial charge in [0, 0.05) is 31.0 Å². The first kappa shape index (κ1) is 18.7. The molecule has 1 N–H and O–H groups in total. The van der Waals surface area contributed by atoms with Crippen molar-refractivity contribution in [1.29, 1.82) is 0 Å². The van der Waals surface area contributed by atoms with Gasteiger partial charge in [0.25, 0.3) is 0 Å². The van der Waals surface area contributed by atoms with Gasteiger partial charge >= 0.3 is 0 Å². The maximum absolute atomic E-state index is 12.6. The number of nitrogens with one attached hydrogen (secondary N) is 1. The number of ether oxygens (including phenoxy) is 1. The molecule has 8 nitrogen and oxygen atoms in total. The van der Waals surface area contributed by atoms with E-state index in [-0.39, 0.29) is 11.8 Å². The Morgan fingerprint density at radius 3 is 2.50 bits per heavy atom. The minimum atomic E-state index is -0.0238. The highest BCUT2D eigenvalue weighted by Gasteiger charge is 2.33. The highest BCUT2D eigenvalue weighted by atomic mass is 16.5. The summed E-state index contributed by atoms with van der Waals surface area (Å²) in [5.41, 5.74) is 4.26. The zero-order valence-electron chi connectivity index (χ0n) is 17.1. The van der Waals surface area contributed by atoms with Crippen molar-refractivity contribution in [1.82, 2.24) is 20.0 Å². The summed E-state index contributed by atoms with van der Waals surface area (Å²) in [6, 6.07) is 12.1. The summed E-state index contributed by atoms with van der Waals surface area (Å²) < 4.78 is 7.10. The average molecular weight is 404 g/mol. The fourth-order valence-corrected chi connectivity index (χ4v) is 4.35. The number of rotatable bonds is 3. The summed E-state index contributed by atoms with van der Waals surface area (Å²) in [6.45, 7) is 7.06. The van der Waals surface area contributed by atoms with Gasteiger partial charge in [0.15, 0.2) is 11.6 Å². The van der Waals surface area contributed by atoms with Crippen molar-refractivity contribution in [2.75, 3.05) is 36.5 Å². The molecule has 4 heterocycles. The Morgan fingerprint density at radius 1 is 1.03 bits per heavy atom. The van der Waals surface area contributed by atoms with Gasteiger partial charge in [0.05, 0.1) is 18.9 Å². The SMILES string of the molecule is Cc1ccccc1C1CC(=O)Nc2c1c(C)nn2-c1ccc(N2CCOCC2)nn1. The van der Waals surface area contributed by atoms with Crippen LogP contribution in [-0.2, 0) is 9.53 Å². The van der Waals surface area contributed by atoms with Gasteiger partial charge in [-0.15, -0.1) is 10.2 Å². The predicted molar refractivity (Wildman–Crippen MR) is 113 cm³/mol. The van der Waals surface area contributed by atoms with Crippen LogP contribution in [0.2, 0.25) is 0 Å². The molecule has 1 aromatic carbocycles. The number of carbonyl (C=O) groups excluding carboxylic acids is 1. The lowest BCUT2D eigenvalue weighted by Gasteiger charge is -2.27. The van der Waals surface area contributed by atoms with Crippen molar-refractivity contribution < 1.29 is 9.53 Å². The number of benzene rings is 1. The Hall–Kier alpha value is -3.26. The number of hydrogen-bond acceptors (Lipinski definition) is 6. The fraction of sp³-hybridized carbons (Fsp3) is 0.364. The van der Waals surface area contributed by atoms with Gasteiger partial charge in [0.2, 0.25) is 5.91 Å². The van der Waals surface area contributed by atoms with Crippen LogP contribution in [0, 0.1) is 13.8 Å². The van der Waals surface area contributed by atoms with Gasteiger partial charge in [-0.1, -0.05) is 24.3 Å². The smallest absolute Gasteiger partial charge is 0.226 e. The van der Waals surface area contributed by atoms with Crippen molar-refractivity contribution in [2.45, 2.75) is 26.2 Å². The minimum absolute atomic E-state index is 0.0187. The molecule has 2 aromatic heterocycles. The van der Waals surface area contributed by atoms with Crippen LogP contribution in [0.1, 0.15) is 34.7 Å². The molecule has 5 rings (SSSR count). The number of aromatic nitrogens is 4. The molecule has 0 aliphatic carbocycles. The lowest BCUT2D eigenvalue weighted by atomic mass is 9.84. The highest BCUT2D eigenvalue weighted by Crippen LogP contribution is 2.40. The third-order valence-corrected chi connectivity index (χ3v) is 5.85. The quantitative estimate of drug-likeness (QED) is 0.722.